The second-order valence-corrected chi connectivity index (χ2v) is 5.75. The van der Waals surface area contributed by atoms with Crippen molar-refractivity contribution in [1.82, 2.24) is 0 Å². The maximum Gasteiger partial charge on any atom is 0.138 e. The number of hydrogen-bond acceptors (Lipinski definition) is 3. The first-order valence-electron chi connectivity index (χ1n) is 6.58. The van der Waals surface area contributed by atoms with Crippen LogP contribution in [0.2, 0.25) is 5.02 Å². The molecule has 1 atom stereocenters. The van der Waals surface area contributed by atoms with E-state index in [0.29, 0.717) is 17.4 Å². The quantitative estimate of drug-likeness (QED) is 0.839. The summed E-state index contributed by atoms with van der Waals surface area (Å²) < 4.78 is 11.9. The molecule has 0 saturated heterocycles. The summed E-state index contributed by atoms with van der Waals surface area (Å²) in [6.45, 7) is 2.53. The zero-order chi connectivity index (χ0) is 15.4. The molecule has 2 N–H and O–H groups in total. The Balaban J connectivity index is 2.52. The van der Waals surface area contributed by atoms with E-state index in [-0.39, 0.29) is 0 Å². The van der Waals surface area contributed by atoms with E-state index in [0.717, 1.165) is 21.3 Å². The Bertz CT molecular complexity index is 634. The standard InChI is InChI=1S/C16H17BrClNO2/c1-3-21-14-7-5-4-6-11(14)15(19)12-8-10(18)9-13(17)16(12)20-2/h4-9,15H,3,19H2,1-2H3. The van der Waals surface area contributed by atoms with Crippen LogP contribution in [-0.2, 0) is 0 Å². The number of hydrogen-bond donors (Lipinski definition) is 1. The van der Waals surface area contributed by atoms with E-state index in [9.17, 15) is 0 Å². The van der Waals surface area contributed by atoms with E-state index in [1.54, 1.807) is 13.2 Å². The van der Waals surface area contributed by atoms with Gasteiger partial charge in [-0.25, -0.2) is 0 Å². The van der Waals surface area contributed by atoms with Crippen LogP contribution in [0.4, 0.5) is 0 Å². The maximum absolute atomic E-state index is 6.42. The van der Waals surface area contributed by atoms with Crippen molar-refractivity contribution in [3.63, 3.8) is 0 Å². The number of methoxy groups -OCH3 is 1. The first kappa shape index (κ1) is 16.1. The molecule has 0 fully saturated rings. The minimum atomic E-state index is -0.391. The van der Waals surface area contributed by atoms with Crippen LogP contribution < -0.4 is 15.2 Å². The van der Waals surface area contributed by atoms with Gasteiger partial charge >= 0.3 is 0 Å². The van der Waals surface area contributed by atoms with Gasteiger partial charge in [0.25, 0.3) is 0 Å². The van der Waals surface area contributed by atoms with Gasteiger partial charge in [-0.15, -0.1) is 0 Å². The van der Waals surface area contributed by atoms with Gasteiger partial charge < -0.3 is 15.2 Å². The van der Waals surface area contributed by atoms with Crippen LogP contribution in [0, 0.1) is 0 Å². The zero-order valence-corrected chi connectivity index (χ0v) is 14.2. The Kier molecular flexibility index (Phi) is 5.51. The summed E-state index contributed by atoms with van der Waals surface area (Å²) in [4.78, 5) is 0. The van der Waals surface area contributed by atoms with Crippen molar-refractivity contribution in [3.05, 3.63) is 57.0 Å². The van der Waals surface area contributed by atoms with Crippen molar-refractivity contribution in [2.45, 2.75) is 13.0 Å². The number of benzene rings is 2. The molecule has 2 aromatic rings. The molecule has 112 valence electrons. The average Bonchev–Trinajstić information content (AvgIpc) is 2.47. The highest BCUT2D eigenvalue weighted by atomic mass is 79.9. The van der Waals surface area contributed by atoms with Gasteiger partial charge in [-0.2, -0.15) is 0 Å². The average molecular weight is 371 g/mol. The predicted molar refractivity (Wildman–Crippen MR) is 89.3 cm³/mol. The molecule has 0 aliphatic rings. The topological polar surface area (TPSA) is 44.5 Å². The predicted octanol–water partition coefficient (Wildman–Crippen LogP) is 4.56. The summed E-state index contributed by atoms with van der Waals surface area (Å²) in [5.74, 6) is 1.45. The molecule has 21 heavy (non-hydrogen) atoms. The number of ether oxygens (including phenoxy) is 2. The van der Waals surface area contributed by atoms with Gasteiger partial charge in [0.15, 0.2) is 0 Å². The highest BCUT2D eigenvalue weighted by Gasteiger charge is 2.20. The second kappa shape index (κ2) is 7.16. The van der Waals surface area contributed by atoms with Gasteiger partial charge in [0.05, 0.1) is 24.2 Å². The molecular weight excluding hydrogens is 354 g/mol. The molecule has 0 aromatic heterocycles. The maximum atomic E-state index is 6.42. The van der Waals surface area contributed by atoms with Gasteiger partial charge in [-0.1, -0.05) is 29.8 Å². The lowest BCUT2D eigenvalue weighted by atomic mass is 9.98. The van der Waals surface area contributed by atoms with Crippen molar-refractivity contribution >= 4 is 27.5 Å². The largest absolute Gasteiger partial charge is 0.495 e. The van der Waals surface area contributed by atoms with Crippen molar-refractivity contribution in [3.8, 4) is 11.5 Å². The van der Waals surface area contributed by atoms with E-state index in [1.165, 1.54) is 0 Å². The van der Waals surface area contributed by atoms with Crippen LogP contribution in [0.25, 0.3) is 0 Å². The Morgan fingerprint density at radius 3 is 2.62 bits per heavy atom. The van der Waals surface area contributed by atoms with Gasteiger partial charge in [0, 0.05) is 16.1 Å². The lowest BCUT2D eigenvalue weighted by Gasteiger charge is -2.20. The molecule has 5 heteroatoms. The molecule has 0 aliphatic carbocycles. The third-order valence-corrected chi connectivity index (χ3v) is 3.94. The smallest absolute Gasteiger partial charge is 0.138 e. The van der Waals surface area contributed by atoms with Crippen molar-refractivity contribution in [2.75, 3.05) is 13.7 Å². The van der Waals surface area contributed by atoms with E-state index in [2.05, 4.69) is 15.9 Å². The van der Waals surface area contributed by atoms with E-state index in [4.69, 9.17) is 26.8 Å². The molecule has 0 heterocycles. The van der Waals surface area contributed by atoms with E-state index >= 15 is 0 Å². The van der Waals surface area contributed by atoms with Crippen molar-refractivity contribution in [2.24, 2.45) is 5.73 Å². The Labute approximate surface area is 138 Å². The minimum absolute atomic E-state index is 0.391. The Hall–Kier alpha value is -1.23. The highest BCUT2D eigenvalue weighted by molar-refractivity contribution is 9.10. The van der Waals surface area contributed by atoms with Crippen LogP contribution in [0.3, 0.4) is 0 Å². The summed E-state index contributed by atoms with van der Waals surface area (Å²) in [5, 5.41) is 0.599. The van der Waals surface area contributed by atoms with Gasteiger partial charge in [0.2, 0.25) is 0 Å². The summed E-state index contributed by atoms with van der Waals surface area (Å²) in [5.41, 5.74) is 8.13. The molecule has 0 radical (unpaired) electrons. The molecule has 0 saturated carbocycles. The number of para-hydroxylation sites is 1. The number of nitrogens with two attached hydrogens (primary N) is 1. The molecule has 0 spiro atoms. The molecule has 0 aliphatic heterocycles. The van der Waals surface area contributed by atoms with Crippen LogP contribution in [-0.4, -0.2) is 13.7 Å². The van der Waals surface area contributed by atoms with Crippen molar-refractivity contribution < 1.29 is 9.47 Å². The summed E-state index contributed by atoms with van der Waals surface area (Å²) >= 11 is 9.59. The molecule has 0 bridgehead atoms. The second-order valence-electron chi connectivity index (χ2n) is 4.46. The highest BCUT2D eigenvalue weighted by Crippen LogP contribution is 2.39. The molecule has 0 amide bonds. The molecule has 2 aromatic carbocycles. The van der Waals surface area contributed by atoms with Gasteiger partial charge in [0.1, 0.15) is 11.5 Å². The molecular formula is C16H17BrClNO2. The van der Waals surface area contributed by atoms with Crippen LogP contribution >= 0.6 is 27.5 Å². The summed E-state index contributed by atoms with van der Waals surface area (Å²) in [7, 11) is 1.61. The van der Waals surface area contributed by atoms with E-state index < -0.39 is 6.04 Å². The van der Waals surface area contributed by atoms with Crippen molar-refractivity contribution in [1.29, 1.82) is 0 Å². The lowest BCUT2D eigenvalue weighted by Crippen LogP contribution is -2.15. The van der Waals surface area contributed by atoms with Gasteiger partial charge in [-0.05, 0) is 41.1 Å². The third kappa shape index (κ3) is 3.51. The Morgan fingerprint density at radius 2 is 1.95 bits per heavy atom. The minimum Gasteiger partial charge on any atom is -0.495 e. The molecule has 3 nitrogen and oxygen atoms in total. The fourth-order valence-corrected chi connectivity index (χ4v) is 3.21. The monoisotopic (exact) mass is 369 g/mol. The molecule has 1 unspecified atom stereocenters. The number of halogens is 2. The fourth-order valence-electron chi connectivity index (χ4n) is 2.22. The van der Waals surface area contributed by atoms with Crippen LogP contribution in [0.15, 0.2) is 40.9 Å². The van der Waals surface area contributed by atoms with Crippen LogP contribution in [0.5, 0.6) is 11.5 Å². The number of rotatable bonds is 5. The van der Waals surface area contributed by atoms with Crippen LogP contribution in [0.1, 0.15) is 24.1 Å². The summed E-state index contributed by atoms with van der Waals surface area (Å²) in [6.07, 6.45) is 0. The van der Waals surface area contributed by atoms with Gasteiger partial charge in [-0.3, -0.25) is 0 Å². The third-order valence-electron chi connectivity index (χ3n) is 3.13. The lowest BCUT2D eigenvalue weighted by molar-refractivity contribution is 0.335. The first-order valence-corrected chi connectivity index (χ1v) is 7.75. The first-order chi connectivity index (χ1) is 10.1. The van der Waals surface area contributed by atoms with E-state index in [1.807, 2.05) is 37.3 Å². The summed E-state index contributed by atoms with van der Waals surface area (Å²) in [6, 6.07) is 10.9. The SMILES string of the molecule is CCOc1ccccc1C(N)c1cc(Cl)cc(Br)c1OC. The zero-order valence-electron chi connectivity index (χ0n) is 11.9. The Morgan fingerprint density at radius 1 is 1.24 bits per heavy atom. The normalized spacial score (nSPS) is 12.0. The molecule has 2 rings (SSSR count). The fraction of sp³-hybridized carbons (Fsp3) is 0.250.